The van der Waals surface area contributed by atoms with E-state index >= 15 is 0 Å². The Balaban J connectivity index is 0.00000385. The fourth-order valence-corrected chi connectivity index (χ4v) is 3.25. The van der Waals surface area contributed by atoms with Gasteiger partial charge in [0.2, 0.25) is 5.88 Å². The molecule has 0 saturated carbocycles. The summed E-state index contributed by atoms with van der Waals surface area (Å²) in [4.78, 5) is 8.67. The molecular weight excluding hydrogens is 535 g/mol. The van der Waals surface area contributed by atoms with E-state index in [2.05, 4.69) is 20.6 Å². The molecule has 2 N–H and O–H groups in total. The van der Waals surface area contributed by atoms with Crippen molar-refractivity contribution in [2.24, 2.45) is 10.9 Å². The topological polar surface area (TPSA) is 86.2 Å². The number of pyridine rings is 1. The second kappa shape index (κ2) is 15.7. The first-order chi connectivity index (χ1) is 15.8. The fraction of sp³-hybridized carbons (Fsp3) is 0.500. The van der Waals surface area contributed by atoms with E-state index in [9.17, 15) is 0 Å². The summed E-state index contributed by atoms with van der Waals surface area (Å²) >= 11 is 0. The monoisotopic (exact) mass is 570 g/mol. The quantitative estimate of drug-likeness (QED) is 0.173. The van der Waals surface area contributed by atoms with Crippen LogP contribution in [0.4, 0.5) is 0 Å². The van der Waals surface area contributed by atoms with Crippen molar-refractivity contribution in [1.29, 1.82) is 0 Å². The average Bonchev–Trinajstić information content (AvgIpc) is 3.34. The van der Waals surface area contributed by atoms with Crippen molar-refractivity contribution >= 4 is 29.9 Å². The molecule has 8 nitrogen and oxygen atoms in total. The summed E-state index contributed by atoms with van der Waals surface area (Å²) < 4.78 is 22.5. The molecule has 1 saturated heterocycles. The van der Waals surface area contributed by atoms with Gasteiger partial charge < -0.3 is 29.6 Å². The average molecular weight is 570 g/mol. The van der Waals surface area contributed by atoms with Gasteiger partial charge in [-0.1, -0.05) is 18.2 Å². The molecule has 0 amide bonds. The molecule has 3 rings (SSSR count). The zero-order chi connectivity index (χ0) is 22.4. The van der Waals surface area contributed by atoms with Crippen molar-refractivity contribution in [2.45, 2.75) is 26.3 Å². The first kappa shape index (κ1) is 27.1. The maximum absolute atomic E-state index is 5.87. The van der Waals surface area contributed by atoms with Crippen molar-refractivity contribution in [3.63, 3.8) is 0 Å². The molecule has 2 heterocycles. The highest BCUT2D eigenvalue weighted by Crippen LogP contribution is 2.30. The Labute approximate surface area is 213 Å². The molecule has 0 spiro atoms. The minimum Gasteiger partial charge on any atom is -0.490 e. The van der Waals surface area contributed by atoms with Crippen LogP contribution < -0.4 is 20.1 Å². The molecule has 0 aliphatic carbocycles. The van der Waals surface area contributed by atoms with E-state index < -0.39 is 0 Å². The number of para-hydroxylation sites is 2. The Bertz CT molecular complexity index is 829. The van der Waals surface area contributed by atoms with Crippen LogP contribution in [0.15, 0.2) is 47.6 Å². The van der Waals surface area contributed by atoms with Crippen LogP contribution in [-0.4, -0.2) is 57.6 Å². The summed E-state index contributed by atoms with van der Waals surface area (Å²) in [5.74, 6) is 3.18. The third kappa shape index (κ3) is 9.73. The van der Waals surface area contributed by atoms with Crippen molar-refractivity contribution in [1.82, 2.24) is 15.6 Å². The zero-order valence-electron chi connectivity index (χ0n) is 19.4. The molecule has 0 radical (unpaired) electrons. The van der Waals surface area contributed by atoms with Gasteiger partial charge in [-0.2, -0.15) is 0 Å². The van der Waals surface area contributed by atoms with Crippen LogP contribution in [0.3, 0.4) is 0 Å². The minimum atomic E-state index is 0. The van der Waals surface area contributed by atoms with Gasteiger partial charge in [-0.05, 0) is 37.5 Å². The van der Waals surface area contributed by atoms with Gasteiger partial charge in [-0.25, -0.2) is 4.98 Å². The van der Waals surface area contributed by atoms with Crippen LogP contribution in [0.1, 0.15) is 25.3 Å². The Morgan fingerprint density at radius 2 is 2.03 bits per heavy atom. The van der Waals surface area contributed by atoms with E-state index in [1.807, 2.05) is 43.3 Å². The van der Waals surface area contributed by atoms with E-state index in [1.165, 1.54) is 0 Å². The number of ether oxygens (including phenoxy) is 4. The van der Waals surface area contributed by atoms with E-state index in [4.69, 9.17) is 18.9 Å². The second-order valence-electron chi connectivity index (χ2n) is 7.50. The first-order valence-electron chi connectivity index (χ1n) is 11.2. The van der Waals surface area contributed by atoms with Crippen LogP contribution in [-0.2, 0) is 16.0 Å². The molecule has 182 valence electrons. The maximum atomic E-state index is 5.87. The second-order valence-corrected chi connectivity index (χ2v) is 7.50. The third-order valence-electron chi connectivity index (χ3n) is 4.98. The number of aliphatic imine (C=N–C) groups is 1. The van der Waals surface area contributed by atoms with Crippen LogP contribution in [0.5, 0.6) is 17.4 Å². The highest BCUT2D eigenvalue weighted by atomic mass is 127. The number of halogens is 1. The van der Waals surface area contributed by atoms with Crippen molar-refractivity contribution in [2.75, 3.05) is 46.6 Å². The molecule has 33 heavy (non-hydrogen) atoms. The lowest BCUT2D eigenvalue weighted by Crippen LogP contribution is -2.37. The van der Waals surface area contributed by atoms with E-state index in [0.29, 0.717) is 36.4 Å². The molecule has 1 atom stereocenters. The highest BCUT2D eigenvalue weighted by molar-refractivity contribution is 14.0. The number of hydrogen-bond acceptors (Lipinski definition) is 6. The fourth-order valence-electron chi connectivity index (χ4n) is 3.25. The summed E-state index contributed by atoms with van der Waals surface area (Å²) in [5.41, 5.74) is 1.03. The lowest BCUT2D eigenvalue weighted by molar-refractivity contribution is 0.0888. The summed E-state index contributed by atoms with van der Waals surface area (Å²) in [6.07, 6.45) is 3.82. The molecule has 2 aromatic rings. The predicted octanol–water partition coefficient (Wildman–Crippen LogP) is 4.00. The first-order valence-corrected chi connectivity index (χ1v) is 11.2. The number of rotatable bonds is 12. The number of benzene rings is 1. The van der Waals surface area contributed by atoms with Crippen molar-refractivity contribution in [3.05, 3.63) is 48.2 Å². The standard InChI is InChI=1S/C24H34N4O4.HI/c1-3-31-21-7-4-5-8-22(21)32-23-10-9-19(15-27-23)16-28-24(25-2)26-12-6-13-29-17-20-11-14-30-18-20;/h4-5,7-10,15,20H,3,6,11-14,16-18H2,1-2H3,(H2,25,26,28);1H. The van der Waals surface area contributed by atoms with Gasteiger partial charge in [0.25, 0.3) is 0 Å². The van der Waals surface area contributed by atoms with Gasteiger partial charge in [0.1, 0.15) is 0 Å². The zero-order valence-corrected chi connectivity index (χ0v) is 21.7. The van der Waals surface area contributed by atoms with Gasteiger partial charge in [0.05, 0.1) is 19.8 Å². The Hall–Kier alpha value is -2.11. The number of aromatic nitrogens is 1. The maximum Gasteiger partial charge on any atom is 0.219 e. The SMILES string of the molecule is CCOc1ccccc1Oc1ccc(CNC(=NC)NCCCOCC2CCOC2)cn1.I. The number of guanidine groups is 1. The van der Waals surface area contributed by atoms with Crippen molar-refractivity contribution in [3.8, 4) is 17.4 Å². The molecule has 1 aromatic carbocycles. The van der Waals surface area contributed by atoms with Crippen molar-refractivity contribution < 1.29 is 18.9 Å². The Morgan fingerprint density at radius 1 is 1.18 bits per heavy atom. The predicted molar refractivity (Wildman–Crippen MR) is 140 cm³/mol. The van der Waals surface area contributed by atoms with Crippen LogP contribution in [0.25, 0.3) is 0 Å². The van der Waals surface area contributed by atoms with Crippen LogP contribution >= 0.6 is 24.0 Å². The Morgan fingerprint density at radius 3 is 2.73 bits per heavy atom. The summed E-state index contributed by atoms with van der Waals surface area (Å²) in [7, 11) is 1.76. The molecular formula is C24H35IN4O4. The molecule has 0 bridgehead atoms. The van der Waals surface area contributed by atoms with Gasteiger partial charge in [0.15, 0.2) is 17.5 Å². The lowest BCUT2D eigenvalue weighted by atomic mass is 10.1. The molecule has 1 fully saturated rings. The highest BCUT2D eigenvalue weighted by Gasteiger charge is 2.15. The summed E-state index contributed by atoms with van der Waals surface area (Å²) in [6, 6.07) is 11.4. The molecule has 1 unspecified atom stereocenters. The van der Waals surface area contributed by atoms with E-state index in [0.717, 1.165) is 57.3 Å². The summed E-state index contributed by atoms with van der Waals surface area (Å²) in [6.45, 7) is 7.15. The summed E-state index contributed by atoms with van der Waals surface area (Å²) in [5, 5.41) is 6.60. The van der Waals surface area contributed by atoms with Crippen LogP contribution in [0, 0.1) is 5.92 Å². The Kier molecular flexibility index (Phi) is 12.9. The van der Waals surface area contributed by atoms with Gasteiger partial charge in [-0.15, -0.1) is 24.0 Å². The van der Waals surface area contributed by atoms with Gasteiger partial charge in [-0.3, -0.25) is 4.99 Å². The lowest BCUT2D eigenvalue weighted by Gasteiger charge is -2.13. The molecule has 1 aliphatic rings. The minimum absolute atomic E-state index is 0. The number of nitrogens with one attached hydrogen (secondary N) is 2. The van der Waals surface area contributed by atoms with E-state index in [-0.39, 0.29) is 24.0 Å². The molecule has 9 heteroatoms. The normalized spacial score (nSPS) is 15.6. The number of nitrogens with zero attached hydrogens (tertiary/aromatic N) is 2. The molecule has 1 aliphatic heterocycles. The van der Waals surface area contributed by atoms with Gasteiger partial charge in [0, 0.05) is 51.5 Å². The largest absolute Gasteiger partial charge is 0.490 e. The third-order valence-corrected chi connectivity index (χ3v) is 4.98. The number of hydrogen-bond donors (Lipinski definition) is 2. The smallest absolute Gasteiger partial charge is 0.219 e. The molecule has 1 aromatic heterocycles. The van der Waals surface area contributed by atoms with E-state index in [1.54, 1.807) is 13.2 Å². The van der Waals surface area contributed by atoms with Crippen LogP contribution in [0.2, 0.25) is 0 Å². The van der Waals surface area contributed by atoms with Gasteiger partial charge >= 0.3 is 0 Å².